The van der Waals surface area contributed by atoms with Crippen LogP contribution in [0, 0.1) is 0 Å². The molecular formula is C12H14N4O6S. The van der Waals surface area contributed by atoms with Gasteiger partial charge in [0.25, 0.3) is 0 Å². The molecule has 0 bridgehead atoms. The van der Waals surface area contributed by atoms with Crippen molar-refractivity contribution in [3.63, 3.8) is 0 Å². The van der Waals surface area contributed by atoms with Crippen LogP contribution in [0.4, 0.5) is 5.95 Å². The van der Waals surface area contributed by atoms with Crippen LogP contribution in [0.1, 0.15) is 13.2 Å². The van der Waals surface area contributed by atoms with Crippen molar-refractivity contribution in [1.29, 1.82) is 0 Å². The molecule has 1 aliphatic heterocycles. The van der Waals surface area contributed by atoms with Gasteiger partial charge in [-0.05, 0) is 0 Å². The van der Waals surface area contributed by atoms with Crippen LogP contribution in [0.3, 0.4) is 0 Å². The molecule has 0 amide bonds. The fourth-order valence-electron chi connectivity index (χ4n) is 2.47. The van der Waals surface area contributed by atoms with Gasteiger partial charge < -0.3 is 25.4 Å². The smallest absolute Gasteiger partial charge is 0.311 e. The maximum absolute atomic E-state index is 12.3. The Morgan fingerprint density at radius 2 is 2.35 bits per heavy atom. The standard InChI is InChI=1S/C12H14N4O6S/c1-4(18)21-8-7(19)5(3-17)22-10(8)16-9-6(23-12(16)20)2-14-11(13)15-9/h2,5,7-8,10,17,19H,3H2,1H3,(H2,13,14,15)/t5-,7+,8-,10-/m1/s1. The number of nitrogens with two attached hydrogens (primary N) is 1. The average molecular weight is 342 g/mol. The Labute approximate surface area is 133 Å². The van der Waals surface area contributed by atoms with E-state index >= 15 is 0 Å². The van der Waals surface area contributed by atoms with Gasteiger partial charge in [-0.3, -0.25) is 14.2 Å². The van der Waals surface area contributed by atoms with Crippen molar-refractivity contribution in [2.24, 2.45) is 0 Å². The molecule has 0 unspecified atom stereocenters. The monoisotopic (exact) mass is 342 g/mol. The molecule has 2 aromatic rings. The van der Waals surface area contributed by atoms with Gasteiger partial charge >= 0.3 is 10.8 Å². The number of anilines is 1. The summed E-state index contributed by atoms with van der Waals surface area (Å²) in [5, 5.41) is 19.4. The Bertz CT molecular complexity index is 804. The number of nitrogens with zero attached hydrogens (tertiary/aromatic N) is 3. The molecule has 0 spiro atoms. The van der Waals surface area contributed by atoms with E-state index in [0.717, 1.165) is 15.9 Å². The van der Waals surface area contributed by atoms with Crippen LogP contribution >= 0.6 is 11.3 Å². The van der Waals surface area contributed by atoms with Gasteiger partial charge in [-0.1, -0.05) is 11.3 Å². The summed E-state index contributed by atoms with van der Waals surface area (Å²) in [6.07, 6.45) is -3.16. The third-order valence-corrected chi connectivity index (χ3v) is 4.31. The van der Waals surface area contributed by atoms with Crippen LogP contribution in [-0.4, -0.2) is 55.6 Å². The number of ether oxygens (including phenoxy) is 2. The zero-order valence-corrected chi connectivity index (χ0v) is 12.8. The fraction of sp³-hybridized carbons (Fsp3) is 0.500. The van der Waals surface area contributed by atoms with E-state index in [-0.39, 0.29) is 11.6 Å². The van der Waals surface area contributed by atoms with Gasteiger partial charge in [0.1, 0.15) is 12.2 Å². The minimum Gasteiger partial charge on any atom is -0.455 e. The first-order chi connectivity index (χ1) is 10.9. The molecule has 23 heavy (non-hydrogen) atoms. The predicted molar refractivity (Wildman–Crippen MR) is 78.6 cm³/mol. The predicted octanol–water partition coefficient (Wildman–Crippen LogP) is -1.38. The van der Waals surface area contributed by atoms with Gasteiger partial charge in [-0.15, -0.1) is 0 Å². The molecule has 0 radical (unpaired) electrons. The van der Waals surface area contributed by atoms with Crippen molar-refractivity contribution >= 4 is 33.6 Å². The third kappa shape index (κ3) is 2.67. The summed E-state index contributed by atoms with van der Waals surface area (Å²) in [7, 11) is 0. The third-order valence-electron chi connectivity index (χ3n) is 3.43. The number of fused-ring (bicyclic) bond motifs is 1. The maximum Gasteiger partial charge on any atom is 0.311 e. The summed E-state index contributed by atoms with van der Waals surface area (Å²) in [6.45, 7) is 0.675. The quantitative estimate of drug-likeness (QED) is 0.573. The largest absolute Gasteiger partial charge is 0.455 e. The minimum atomic E-state index is -1.28. The van der Waals surface area contributed by atoms with Crippen LogP contribution in [0.5, 0.6) is 0 Å². The number of aromatic nitrogens is 3. The highest BCUT2D eigenvalue weighted by Crippen LogP contribution is 2.33. The first-order valence-electron chi connectivity index (χ1n) is 6.67. The zero-order valence-electron chi connectivity index (χ0n) is 11.9. The van der Waals surface area contributed by atoms with Gasteiger partial charge in [0.2, 0.25) is 5.95 Å². The first kappa shape index (κ1) is 15.8. The first-order valence-corrected chi connectivity index (χ1v) is 7.49. The van der Waals surface area contributed by atoms with E-state index in [2.05, 4.69) is 9.97 Å². The van der Waals surface area contributed by atoms with E-state index in [9.17, 15) is 19.8 Å². The highest BCUT2D eigenvalue weighted by Gasteiger charge is 2.47. The number of carbonyl (C=O) groups excluding carboxylic acids is 1. The molecule has 11 heteroatoms. The van der Waals surface area contributed by atoms with Gasteiger partial charge in [-0.2, -0.15) is 4.98 Å². The second-order valence-corrected chi connectivity index (χ2v) is 5.96. The summed E-state index contributed by atoms with van der Waals surface area (Å²) in [4.78, 5) is 30.9. The second-order valence-electron chi connectivity index (χ2n) is 4.97. The van der Waals surface area contributed by atoms with Crippen LogP contribution in [-0.2, 0) is 14.3 Å². The van der Waals surface area contributed by atoms with Crippen molar-refractivity contribution in [3.8, 4) is 0 Å². The molecule has 124 valence electrons. The van der Waals surface area contributed by atoms with Crippen molar-refractivity contribution in [1.82, 2.24) is 14.5 Å². The van der Waals surface area contributed by atoms with Crippen molar-refractivity contribution in [2.75, 3.05) is 12.3 Å². The molecule has 0 saturated carbocycles. The fourth-order valence-corrected chi connectivity index (χ4v) is 3.29. The number of hydrogen-bond acceptors (Lipinski definition) is 10. The van der Waals surface area contributed by atoms with E-state index in [0.29, 0.717) is 4.70 Å². The molecule has 1 fully saturated rings. The molecule has 10 nitrogen and oxygen atoms in total. The molecule has 4 N–H and O–H groups in total. The number of hydrogen-bond donors (Lipinski definition) is 3. The second kappa shape index (κ2) is 5.85. The van der Waals surface area contributed by atoms with Crippen LogP contribution in [0.2, 0.25) is 0 Å². The molecule has 3 heterocycles. The molecule has 0 aromatic carbocycles. The minimum absolute atomic E-state index is 0.0367. The van der Waals surface area contributed by atoms with Gasteiger partial charge in [0.15, 0.2) is 18.0 Å². The van der Waals surface area contributed by atoms with Crippen molar-refractivity contribution in [2.45, 2.75) is 31.5 Å². The Morgan fingerprint density at radius 1 is 1.61 bits per heavy atom. The number of carbonyl (C=O) groups is 1. The molecular weight excluding hydrogens is 328 g/mol. The highest BCUT2D eigenvalue weighted by molar-refractivity contribution is 7.16. The Hall–Kier alpha value is -2.08. The van der Waals surface area contributed by atoms with Crippen LogP contribution in [0.25, 0.3) is 10.3 Å². The summed E-state index contributed by atoms with van der Waals surface area (Å²) in [5.41, 5.74) is 5.76. The molecule has 3 rings (SSSR count). The zero-order chi connectivity index (χ0) is 16.7. The molecule has 1 saturated heterocycles. The lowest BCUT2D eigenvalue weighted by atomic mass is 10.1. The number of aliphatic hydroxyl groups is 2. The maximum atomic E-state index is 12.3. The SMILES string of the molecule is CC(=O)O[C@@H]1[C@@H](O)[C@@H](CO)O[C@H]1n1c(=O)sc2cnc(N)nc21. The number of aliphatic hydroxyl groups excluding tert-OH is 2. The molecule has 1 aliphatic rings. The summed E-state index contributed by atoms with van der Waals surface area (Å²) in [5.74, 6) is -0.687. The Morgan fingerprint density at radius 3 is 3.00 bits per heavy atom. The number of esters is 1. The Balaban J connectivity index is 2.11. The summed E-state index contributed by atoms with van der Waals surface area (Å²) >= 11 is 0.868. The lowest BCUT2D eigenvalue weighted by Crippen LogP contribution is -2.37. The summed E-state index contributed by atoms with van der Waals surface area (Å²) < 4.78 is 12.2. The van der Waals surface area contributed by atoms with E-state index in [1.54, 1.807) is 0 Å². The molecule has 0 aliphatic carbocycles. The van der Waals surface area contributed by atoms with Crippen molar-refractivity contribution < 1.29 is 24.5 Å². The van der Waals surface area contributed by atoms with Gasteiger partial charge in [-0.25, -0.2) is 4.98 Å². The van der Waals surface area contributed by atoms with Crippen LogP contribution in [0.15, 0.2) is 11.0 Å². The van der Waals surface area contributed by atoms with Crippen molar-refractivity contribution in [3.05, 3.63) is 15.9 Å². The van der Waals surface area contributed by atoms with E-state index in [4.69, 9.17) is 15.2 Å². The van der Waals surface area contributed by atoms with E-state index < -0.39 is 42.0 Å². The summed E-state index contributed by atoms with van der Waals surface area (Å²) in [6, 6.07) is 0. The molecule has 2 aromatic heterocycles. The number of thiazole rings is 1. The lowest BCUT2D eigenvalue weighted by molar-refractivity contribution is -0.155. The number of nitrogen functional groups attached to an aromatic ring is 1. The highest BCUT2D eigenvalue weighted by atomic mass is 32.1. The van der Waals surface area contributed by atoms with E-state index in [1.165, 1.54) is 13.1 Å². The normalized spacial score (nSPS) is 27.4. The topological polar surface area (TPSA) is 150 Å². The average Bonchev–Trinajstić information content (AvgIpc) is 2.96. The number of rotatable bonds is 3. The van der Waals surface area contributed by atoms with Crippen LogP contribution < -0.4 is 10.6 Å². The Kier molecular flexibility index (Phi) is 4.02. The van der Waals surface area contributed by atoms with Gasteiger partial charge in [0.05, 0.1) is 17.5 Å². The van der Waals surface area contributed by atoms with E-state index in [1.807, 2.05) is 0 Å². The lowest BCUT2D eigenvalue weighted by Gasteiger charge is -2.20. The molecule has 4 atom stereocenters. The van der Waals surface area contributed by atoms with Gasteiger partial charge in [0, 0.05) is 6.92 Å².